The van der Waals surface area contributed by atoms with Gasteiger partial charge in [-0.05, 0) is 6.08 Å². The largest absolute Gasteiger partial charge is 0.365 e. The molecule has 2 amide bonds. The Bertz CT molecular complexity index is 518. The number of fused-ring (bicyclic) bond motifs is 1. The maximum Gasteiger partial charge on any atom is 0.322 e. The summed E-state index contributed by atoms with van der Waals surface area (Å²) in [5, 5.41) is 5.45. The number of aromatic nitrogens is 1. The first kappa shape index (κ1) is 12.6. The van der Waals surface area contributed by atoms with E-state index in [9.17, 15) is 9.18 Å². The van der Waals surface area contributed by atoms with Gasteiger partial charge in [0.2, 0.25) is 0 Å². The first-order valence-corrected chi connectivity index (χ1v) is 5.67. The van der Waals surface area contributed by atoms with Crippen LogP contribution in [0.15, 0.2) is 18.3 Å². The van der Waals surface area contributed by atoms with Crippen LogP contribution in [-0.2, 0) is 0 Å². The molecule has 2 heterocycles. The molecule has 18 heavy (non-hydrogen) atoms. The van der Waals surface area contributed by atoms with Gasteiger partial charge in [-0.15, -0.1) is 0 Å². The number of carbonyl (C=O) groups is 1. The number of hydrogen-bond donors (Lipinski definition) is 2. The maximum absolute atomic E-state index is 13.6. The summed E-state index contributed by atoms with van der Waals surface area (Å²) in [6.07, 6.45) is 2.60. The Balaban J connectivity index is 2.26. The highest BCUT2D eigenvalue weighted by molar-refractivity contribution is 6.23. The normalized spacial score (nSPS) is 17.3. The highest BCUT2D eigenvalue weighted by atomic mass is 35.5. The molecule has 2 N–H and O–H groups in total. The molecule has 0 radical (unpaired) electrons. The van der Waals surface area contributed by atoms with Gasteiger partial charge in [0.1, 0.15) is 17.1 Å². The van der Waals surface area contributed by atoms with Gasteiger partial charge in [-0.1, -0.05) is 11.6 Å². The van der Waals surface area contributed by atoms with Crippen molar-refractivity contribution in [2.75, 3.05) is 24.7 Å². The lowest BCUT2D eigenvalue weighted by Crippen LogP contribution is -2.28. The zero-order valence-electron chi connectivity index (χ0n) is 9.87. The molecule has 0 spiro atoms. The second-order valence-corrected chi connectivity index (χ2v) is 4.47. The highest BCUT2D eigenvalue weighted by Gasteiger charge is 2.18. The van der Waals surface area contributed by atoms with E-state index >= 15 is 0 Å². The molecule has 96 valence electrons. The van der Waals surface area contributed by atoms with Crippen LogP contribution in [0.5, 0.6) is 0 Å². The van der Waals surface area contributed by atoms with Gasteiger partial charge in [-0.3, -0.25) is 5.32 Å². The SMILES string of the molecule is CN(C)C(=O)Nc1cc2c(cn1)C(F)=CC(Cl)N2. The van der Waals surface area contributed by atoms with E-state index in [2.05, 4.69) is 15.6 Å². The fraction of sp³-hybridized carbons (Fsp3) is 0.273. The third-order valence-corrected chi connectivity index (χ3v) is 2.62. The van der Waals surface area contributed by atoms with Crippen molar-refractivity contribution in [3.63, 3.8) is 0 Å². The van der Waals surface area contributed by atoms with Crippen molar-refractivity contribution in [2.45, 2.75) is 5.50 Å². The minimum Gasteiger partial charge on any atom is -0.365 e. The van der Waals surface area contributed by atoms with Crippen LogP contribution in [0.3, 0.4) is 0 Å². The average Bonchev–Trinajstić information content (AvgIpc) is 2.27. The van der Waals surface area contributed by atoms with Crippen LogP contribution in [0, 0.1) is 0 Å². The molecule has 7 heteroatoms. The topological polar surface area (TPSA) is 57.3 Å². The molecule has 1 aromatic rings. The molecule has 1 aliphatic heterocycles. The lowest BCUT2D eigenvalue weighted by molar-refractivity contribution is 0.230. The van der Waals surface area contributed by atoms with Crippen LogP contribution in [-0.4, -0.2) is 35.5 Å². The summed E-state index contributed by atoms with van der Waals surface area (Å²) in [6, 6.07) is 1.23. The number of urea groups is 1. The first-order valence-electron chi connectivity index (χ1n) is 5.24. The summed E-state index contributed by atoms with van der Waals surface area (Å²) in [4.78, 5) is 16.8. The summed E-state index contributed by atoms with van der Waals surface area (Å²) < 4.78 is 13.6. The molecule has 2 rings (SSSR count). The van der Waals surface area contributed by atoms with E-state index in [-0.39, 0.29) is 6.03 Å². The van der Waals surface area contributed by atoms with Crippen molar-refractivity contribution >= 4 is 35.0 Å². The molecule has 0 aliphatic carbocycles. The lowest BCUT2D eigenvalue weighted by atomic mass is 10.1. The zero-order chi connectivity index (χ0) is 13.3. The molecule has 0 saturated heterocycles. The van der Waals surface area contributed by atoms with Crippen molar-refractivity contribution in [3.8, 4) is 0 Å². The van der Waals surface area contributed by atoms with Crippen molar-refractivity contribution in [3.05, 3.63) is 23.9 Å². The number of anilines is 2. The Morgan fingerprint density at radius 2 is 2.33 bits per heavy atom. The van der Waals surface area contributed by atoms with E-state index < -0.39 is 11.3 Å². The Labute approximate surface area is 109 Å². The number of nitrogens with zero attached hydrogens (tertiary/aromatic N) is 2. The monoisotopic (exact) mass is 270 g/mol. The number of alkyl halides is 1. The van der Waals surface area contributed by atoms with Crippen LogP contribution in [0.1, 0.15) is 5.56 Å². The number of rotatable bonds is 1. The van der Waals surface area contributed by atoms with Crippen molar-refractivity contribution < 1.29 is 9.18 Å². The van der Waals surface area contributed by atoms with Crippen LogP contribution in [0.4, 0.5) is 20.7 Å². The third-order valence-electron chi connectivity index (χ3n) is 2.39. The van der Waals surface area contributed by atoms with E-state index in [1.807, 2.05) is 0 Å². The summed E-state index contributed by atoms with van der Waals surface area (Å²) in [6.45, 7) is 0. The van der Waals surface area contributed by atoms with Gasteiger partial charge in [0.15, 0.2) is 0 Å². The van der Waals surface area contributed by atoms with E-state index in [1.165, 1.54) is 17.2 Å². The Hall–Kier alpha value is -1.82. The van der Waals surface area contributed by atoms with Crippen LogP contribution in [0.25, 0.3) is 5.83 Å². The highest BCUT2D eigenvalue weighted by Crippen LogP contribution is 2.32. The Morgan fingerprint density at radius 3 is 3.00 bits per heavy atom. The van der Waals surface area contributed by atoms with Crippen LogP contribution in [0.2, 0.25) is 0 Å². The molecule has 5 nitrogen and oxygen atoms in total. The van der Waals surface area contributed by atoms with Gasteiger partial charge >= 0.3 is 6.03 Å². The number of hydrogen-bond acceptors (Lipinski definition) is 3. The first-order chi connectivity index (χ1) is 8.47. The molecule has 0 aromatic carbocycles. The summed E-state index contributed by atoms with van der Waals surface area (Å²) in [5.41, 5.74) is 0.214. The van der Waals surface area contributed by atoms with Crippen molar-refractivity contribution in [2.24, 2.45) is 0 Å². The van der Waals surface area contributed by atoms with Crippen molar-refractivity contribution in [1.29, 1.82) is 0 Å². The second-order valence-electron chi connectivity index (χ2n) is 4.00. The summed E-state index contributed by atoms with van der Waals surface area (Å²) >= 11 is 5.80. The Morgan fingerprint density at radius 1 is 1.61 bits per heavy atom. The van der Waals surface area contributed by atoms with E-state index in [0.717, 1.165) is 0 Å². The molecule has 1 aromatic heterocycles. The zero-order valence-corrected chi connectivity index (χ0v) is 10.6. The predicted molar refractivity (Wildman–Crippen MR) is 69.3 cm³/mol. The molecule has 1 aliphatic rings. The smallest absolute Gasteiger partial charge is 0.322 e. The minimum atomic E-state index is -0.614. The summed E-state index contributed by atoms with van der Waals surface area (Å²) in [7, 11) is 3.23. The van der Waals surface area contributed by atoms with E-state index in [4.69, 9.17) is 11.6 Å². The standard InChI is InChI=1S/C11H12ClFN4O/c1-17(2)11(18)16-10-4-8-6(5-14-10)7(13)3-9(12)15-8/h3-5,9,15H,1-2H3,(H,14,16,18). The van der Waals surface area contributed by atoms with Gasteiger partial charge in [0, 0.05) is 26.4 Å². The minimum absolute atomic E-state index is 0.309. The Kier molecular flexibility index (Phi) is 3.38. The van der Waals surface area contributed by atoms with Gasteiger partial charge in [-0.2, -0.15) is 0 Å². The van der Waals surface area contributed by atoms with Crippen LogP contribution >= 0.6 is 11.6 Å². The third kappa shape index (κ3) is 2.53. The number of amides is 2. The fourth-order valence-electron chi connectivity index (χ4n) is 1.46. The molecule has 1 unspecified atom stereocenters. The fourth-order valence-corrected chi connectivity index (χ4v) is 1.69. The van der Waals surface area contributed by atoms with E-state index in [1.54, 1.807) is 20.2 Å². The molecule has 0 saturated carbocycles. The van der Waals surface area contributed by atoms with Gasteiger partial charge in [0.25, 0.3) is 0 Å². The maximum atomic E-state index is 13.6. The molecular weight excluding hydrogens is 259 g/mol. The quantitative estimate of drug-likeness (QED) is 0.609. The number of halogens is 2. The number of nitrogens with one attached hydrogen (secondary N) is 2. The second kappa shape index (κ2) is 4.81. The van der Waals surface area contributed by atoms with Gasteiger partial charge in [-0.25, -0.2) is 14.2 Å². The number of carbonyl (C=O) groups excluding carboxylic acids is 1. The average molecular weight is 271 g/mol. The molecule has 0 bridgehead atoms. The van der Waals surface area contributed by atoms with Crippen LogP contribution < -0.4 is 10.6 Å². The van der Waals surface area contributed by atoms with Crippen molar-refractivity contribution in [1.82, 2.24) is 9.88 Å². The lowest BCUT2D eigenvalue weighted by Gasteiger charge is -2.19. The van der Waals surface area contributed by atoms with E-state index in [0.29, 0.717) is 17.1 Å². The van der Waals surface area contributed by atoms with Gasteiger partial charge in [0.05, 0.1) is 11.3 Å². The number of pyridine rings is 1. The molecular formula is C11H12ClFN4O. The van der Waals surface area contributed by atoms with Gasteiger partial charge < -0.3 is 10.2 Å². The molecule has 0 fully saturated rings. The molecule has 1 atom stereocenters. The summed E-state index contributed by atoms with van der Waals surface area (Å²) in [5.74, 6) is -0.0970. The predicted octanol–water partition coefficient (Wildman–Crippen LogP) is 2.48.